The Morgan fingerprint density at radius 3 is 2.04 bits per heavy atom. The fourth-order valence-electron chi connectivity index (χ4n) is 2.85. The molecule has 3 nitrogen and oxygen atoms in total. The molecule has 1 aromatic rings. The summed E-state index contributed by atoms with van der Waals surface area (Å²) in [5.41, 5.74) is -4.32. The van der Waals surface area contributed by atoms with Gasteiger partial charge >= 0.3 is 12.4 Å². The Morgan fingerprint density at radius 2 is 1.59 bits per heavy atom. The molecule has 27 heavy (non-hydrogen) atoms. The molecule has 12 heteroatoms. The third-order valence-corrected chi connectivity index (χ3v) is 3.97. The zero-order valence-corrected chi connectivity index (χ0v) is 15.3. The number of nitrogens with zero attached hydrogens (tertiary/aromatic N) is 2. The summed E-state index contributed by atoms with van der Waals surface area (Å²) in [6, 6.07) is 0.384. The van der Waals surface area contributed by atoms with Crippen LogP contribution in [-0.4, -0.2) is 31.1 Å². The van der Waals surface area contributed by atoms with E-state index in [-0.39, 0.29) is 50.0 Å². The van der Waals surface area contributed by atoms with Crippen molar-refractivity contribution in [3.8, 4) is 6.07 Å². The molecule has 1 aliphatic rings. The van der Waals surface area contributed by atoms with E-state index in [1.807, 2.05) is 0 Å². The van der Waals surface area contributed by atoms with Crippen molar-refractivity contribution >= 4 is 24.8 Å². The molecule has 1 saturated heterocycles. The summed E-state index contributed by atoms with van der Waals surface area (Å²) in [4.78, 5) is 1.47. The van der Waals surface area contributed by atoms with Crippen LogP contribution in [0.1, 0.15) is 29.2 Å². The van der Waals surface area contributed by atoms with E-state index in [4.69, 9.17) is 5.26 Å². The summed E-state index contributed by atoms with van der Waals surface area (Å²) in [7, 11) is 0. The average Bonchev–Trinajstić information content (AvgIpc) is 2.51. The molecule has 0 spiro atoms. The van der Waals surface area contributed by atoms with Crippen molar-refractivity contribution in [2.75, 3.05) is 26.2 Å². The minimum atomic E-state index is -5.18. The third-order valence-electron chi connectivity index (χ3n) is 3.97. The minimum absolute atomic E-state index is 0. The molecule has 1 N–H and O–H groups in total. The Kier molecular flexibility index (Phi) is 9.31. The molecule has 1 aliphatic heterocycles. The molecule has 0 amide bonds. The summed E-state index contributed by atoms with van der Waals surface area (Å²) < 4.78 is 92.6. The van der Waals surface area contributed by atoms with E-state index in [2.05, 4.69) is 5.32 Å². The van der Waals surface area contributed by atoms with Crippen LogP contribution in [0.15, 0.2) is 12.1 Å². The Balaban J connectivity index is 0.00000338. The van der Waals surface area contributed by atoms with Crippen molar-refractivity contribution in [1.82, 2.24) is 10.2 Å². The average molecular weight is 442 g/mol. The first-order valence-electron chi connectivity index (χ1n) is 7.35. The zero-order chi connectivity index (χ0) is 18.8. The molecule has 0 saturated carbocycles. The topological polar surface area (TPSA) is 39.1 Å². The molecule has 0 unspecified atom stereocenters. The second-order valence-electron chi connectivity index (χ2n) is 5.58. The molecule has 1 heterocycles. The molecule has 0 radical (unpaired) electrons. The predicted octanol–water partition coefficient (Wildman–Crippen LogP) is 4.57. The normalized spacial score (nSPS) is 16.7. The van der Waals surface area contributed by atoms with Gasteiger partial charge in [0, 0.05) is 31.7 Å². The van der Waals surface area contributed by atoms with Gasteiger partial charge in [0.05, 0.1) is 29.7 Å². The van der Waals surface area contributed by atoms with Crippen LogP contribution in [0.25, 0.3) is 0 Å². The summed E-state index contributed by atoms with van der Waals surface area (Å²) in [5.74, 6) is -1.61. The summed E-state index contributed by atoms with van der Waals surface area (Å²) in [6.45, 7) is 1.35. The van der Waals surface area contributed by atoms with Crippen LogP contribution in [0.3, 0.4) is 0 Å². The first-order chi connectivity index (χ1) is 11.6. The second-order valence-corrected chi connectivity index (χ2v) is 5.58. The Labute approximate surface area is 163 Å². The standard InChI is InChI=1S/C15H14F7N3.2ClH/c16-11-8-9(14(17,18)19)7-10(15(20,21)22)13(11)12(1-2-23)25-5-3-24-4-6-25;;/h7-8,12,24H,1,3-6H2;2*1H/t12-;;/m1../s1. The molecule has 1 aromatic carbocycles. The van der Waals surface area contributed by atoms with Gasteiger partial charge in [-0.05, 0) is 12.1 Å². The molecule has 1 atom stereocenters. The van der Waals surface area contributed by atoms with Gasteiger partial charge in [0.1, 0.15) is 5.82 Å². The van der Waals surface area contributed by atoms with Gasteiger partial charge in [-0.25, -0.2) is 4.39 Å². The van der Waals surface area contributed by atoms with E-state index in [1.54, 1.807) is 6.07 Å². The molecule has 1 fully saturated rings. The molecular formula is C15H16Cl2F7N3. The molecule has 2 rings (SSSR count). The lowest BCUT2D eigenvalue weighted by atomic mass is 9.93. The van der Waals surface area contributed by atoms with Crippen LogP contribution in [0.4, 0.5) is 30.7 Å². The first-order valence-corrected chi connectivity index (χ1v) is 7.35. The number of nitriles is 1. The van der Waals surface area contributed by atoms with Crippen LogP contribution in [0.2, 0.25) is 0 Å². The van der Waals surface area contributed by atoms with Gasteiger partial charge in [-0.2, -0.15) is 31.6 Å². The second kappa shape index (κ2) is 9.78. The van der Waals surface area contributed by atoms with Crippen molar-refractivity contribution in [2.24, 2.45) is 0 Å². The van der Waals surface area contributed by atoms with E-state index in [0.717, 1.165) is 0 Å². The monoisotopic (exact) mass is 441 g/mol. The van der Waals surface area contributed by atoms with Crippen LogP contribution in [0, 0.1) is 17.1 Å². The van der Waals surface area contributed by atoms with Crippen LogP contribution in [-0.2, 0) is 12.4 Å². The quantitative estimate of drug-likeness (QED) is 0.698. The third kappa shape index (κ3) is 6.10. The largest absolute Gasteiger partial charge is 0.416 e. The number of alkyl halides is 6. The molecule has 0 bridgehead atoms. The van der Waals surface area contributed by atoms with Gasteiger partial charge in [-0.15, -0.1) is 24.8 Å². The van der Waals surface area contributed by atoms with Crippen LogP contribution < -0.4 is 5.32 Å². The van der Waals surface area contributed by atoms with Crippen LogP contribution in [0.5, 0.6) is 0 Å². The number of benzene rings is 1. The number of piperazine rings is 1. The Morgan fingerprint density at radius 1 is 1.04 bits per heavy atom. The highest BCUT2D eigenvalue weighted by atomic mass is 35.5. The lowest BCUT2D eigenvalue weighted by Gasteiger charge is -2.35. The zero-order valence-electron chi connectivity index (χ0n) is 13.6. The van der Waals surface area contributed by atoms with Crippen LogP contribution >= 0.6 is 24.8 Å². The van der Waals surface area contributed by atoms with Gasteiger partial charge in [0.15, 0.2) is 0 Å². The van der Waals surface area contributed by atoms with Gasteiger partial charge in [-0.1, -0.05) is 0 Å². The molecule has 154 valence electrons. The number of rotatable bonds is 3. The van der Waals surface area contributed by atoms with E-state index in [0.29, 0.717) is 13.1 Å². The summed E-state index contributed by atoms with van der Waals surface area (Å²) in [5, 5.41) is 11.9. The first kappa shape index (κ1) is 25.7. The van der Waals surface area contributed by atoms with Crippen molar-refractivity contribution in [2.45, 2.75) is 24.8 Å². The van der Waals surface area contributed by atoms with Crippen molar-refractivity contribution < 1.29 is 30.7 Å². The Hall–Kier alpha value is -1.28. The predicted molar refractivity (Wildman–Crippen MR) is 88.3 cm³/mol. The lowest BCUT2D eigenvalue weighted by Crippen LogP contribution is -2.45. The van der Waals surface area contributed by atoms with E-state index in [1.165, 1.54) is 4.90 Å². The highest BCUT2D eigenvalue weighted by Gasteiger charge is 2.42. The summed E-state index contributed by atoms with van der Waals surface area (Å²) in [6.07, 6.45) is -10.8. The van der Waals surface area contributed by atoms with Crippen molar-refractivity contribution in [3.05, 3.63) is 34.6 Å². The maximum Gasteiger partial charge on any atom is 0.416 e. The number of nitrogens with one attached hydrogen (secondary N) is 1. The molecular weight excluding hydrogens is 426 g/mol. The number of hydrogen-bond donors (Lipinski definition) is 1. The van der Waals surface area contributed by atoms with E-state index < -0.39 is 47.3 Å². The Bertz CT molecular complexity index is 665. The van der Waals surface area contributed by atoms with Gasteiger partial charge in [0.2, 0.25) is 0 Å². The van der Waals surface area contributed by atoms with E-state index >= 15 is 0 Å². The SMILES string of the molecule is Cl.Cl.N#CC[C@H](c1c(F)cc(C(F)(F)F)cc1C(F)(F)F)N1CCNCC1. The fourth-order valence-corrected chi connectivity index (χ4v) is 2.85. The van der Waals surface area contributed by atoms with E-state index in [9.17, 15) is 30.7 Å². The van der Waals surface area contributed by atoms with Crippen molar-refractivity contribution in [3.63, 3.8) is 0 Å². The van der Waals surface area contributed by atoms with Crippen molar-refractivity contribution in [1.29, 1.82) is 5.26 Å². The van der Waals surface area contributed by atoms with Gasteiger partial charge in [-0.3, -0.25) is 4.90 Å². The smallest absolute Gasteiger partial charge is 0.314 e. The van der Waals surface area contributed by atoms with Gasteiger partial charge < -0.3 is 5.32 Å². The number of hydrogen-bond acceptors (Lipinski definition) is 3. The summed E-state index contributed by atoms with van der Waals surface area (Å²) >= 11 is 0. The minimum Gasteiger partial charge on any atom is -0.314 e. The number of halogens is 9. The fraction of sp³-hybridized carbons (Fsp3) is 0.533. The highest BCUT2D eigenvalue weighted by molar-refractivity contribution is 5.85. The maximum absolute atomic E-state index is 14.3. The maximum atomic E-state index is 14.3. The lowest BCUT2D eigenvalue weighted by molar-refractivity contribution is -0.144. The molecule has 0 aliphatic carbocycles. The molecule has 0 aromatic heterocycles. The highest BCUT2D eigenvalue weighted by Crippen LogP contribution is 2.42. The van der Waals surface area contributed by atoms with Gasteiger partial charge in [0.25, 0.3) is 0 Å².